The van der Waals surface area contributed by atoms with Gasteiger partial charge in [0.05, 0.1) is 23.5 Å². The Bertz CT molecular complexity index is 1430. The Labute approximate surface area is 265 Å². The third-order valence-corrected chi connectivity index (χ3v) is 8.90. The topological polar surface area (TPSA) is 125 Å². The second-order valence-electron chi connectivity index (χ2n) is 10.6. The molecule has 1 atom stereocenters. The van der Waals surface area contributed by atoms with Crippen LogP contribution in [-0.4, -0.2) is 56.1 Å². The largest absolute Gasteiger partial charge is 0.490 e. The summed E-state index contributed by atoms with van der Waals surface area (Å²) in [6.07, 6.45) is 5.19. The lowest BCUT2D eigenvalue weighted by molar-refractivity contribution is 0.0969. The second kappa shape index (κ2) is 17.0. The van der Waals surface area contributed by atoms with Crippen molar-refractivity contribution < 1.29 is 28.2 Å². The highest BCUT2D eigenvalue weighted by Gasteiger charge is 2.23. The minimum absolute atomic E-state index is 0. The third kappa shape index (κ3) is 10.8. The van der Waals surface area contributed by atoms with E-state index in [4.69, 9.17) is 21.4 Å². The van der Waals surface area contributed by atoms with Gasteiger partial charge in [0.1, 0.15) is 5.75 Å². The number of amides is 1. The van der Waals surface area contributed by atoms with E-state index in [0.29, 0.717) is 23.9 Å². The highest BCUT2D eigenvalue weighted by Crippen LogP contribution is 2.31. The number of nitrogens with one attached hydrogen (secondary N) is 2. The zero-order valence-corrected chi connectivity index (χ0v) is 26.4. The van der Waals surface area contributed by atoms with Gasteiger partial charge in [-0.05, 0) is 91.6 Å². The molecule has 0 aromatic heterocycles. The van der Waals surface area contributed by atoms with E-state index in [1.54, 1.807) is 30.3 Å². The lowest BCUT2D eigenvalue weighted by Crippen LogP contribution is -2.33. The van der Waals surface area contributed by atoms with E-state index in [2.05, 4.69) is 10.0 Å². The van der Waals surface area contributed by atoms with Gasteiger partial charge in [0, 0.05) is 18.2 Å². The molecule has 3 aromatic carbocycles. The van der Waals surface area contributed by atoms with Crippen molar-refractivity contribution in [1.29, 1.82) is 0 Å². The monoisotopic (exact) mass is 650 g/mol. The zero-order chi connectivity index (χ0) is 30.0. The maximum Gasteiger partial charge on any atom is 0.268 e. The van der Waals surface area contributed by atoms with E-state index in [1.807, 2.05) is 36.4 Å². The van der Waals surface area contributed by atoms with Crippen LogP contribution in [0.5, 0.6) is 5.75 Å². The zero-order valence-electron chi connectivity index (χ0n) is 24.0. The predicted octanol–water partition coefficient (Wildman–Crippen LogP) is 5.45. The molecule has 4 rings (SSSR count). The fraction of sp³-hybridized carbons (Fsp3) is 0.406. The third-order valence-electron chi connectivity index (χ3n) is 7.34. The molecule has 0 spiro atoms. The van der Waals surface area contributed by atoms with Crippen molar-refractivity contribution in [3.63, 3.8) is 0 Å². The number of rotatable bonds is 14. The molecular formula is C32H40Cl2N2O6S. The van der Waals surface area contributed by atoms with Crippen molar-refractivity contribution in [2.45, 2.75) is 57.2 Å². The molecule has 3 aromatic rings. The summed E-state index contributed by atoms with van der Waals surface area (Å²) >= 11 is 6.01. The van der Waals surface area contributed by atoms with Crippen LogP contribution >= 0.6 is 24.0 Å². The lowest BCUT2D eigenvalue weighted by atomic mass is 9.97. The van der Waals surface area contributed by atoms with Crippen molar-refractivity contribution in [2.24, 2.45) is 0 Å². The average Bonchev–Trinajstić information content (AvgIpc) is 2.99. The number of aliphatic hydroxyl groups is 2. The van der Waals surface area contributed by atoms with Gasteiger partial charge in [-0.1, -0.05) is 60.5 Å². The summed E-state index contributed by atoms with van der Waals surface area (Å²) in [6.45, 7) is 0.842. The van der Waals surface area contributed by atoms with E-state index in [0.717, 1.165) is 60.8 Å². The molecular weight excluding hydrogens is 611 g/mol. The Hall–Kier alpha value is -2.66. The highest BCUT2D eigenvalue weighted by atomic mass is 35.5. The molecule has 11 heteroatoms. The van der Waals surface area contributed by atoms with Crippen molar-refractivity contribution in [1.82, 2.24) is 10.0 Å². The Morgan fingerprint density at radius 2 is 1.72 bits per heavy atom. The molecule has 1 amide bonds. The Balaban J connectivity index is 0.00000506. The van der Waals surface area contributed by atoms with Crippen molar-refractivity contribution in [3.8, 4) is 16.9 Å². The molecule has 4 N–H and O–H groups in total. The number of benzene rings is 3. The number of sulfonamides is 1. The molecule has 0 heterocycles. The van der Waals surface area contributed by atoms with Gasteiger partial charge in [-0.2, -0.15) is 0 Å². The normalized spacial score (nSPS) is 14.5. The summed E-state index contributed by atoms with van der Waals surface area (Å²) in [6, 6.07) is 20.5. The van der Waals surface area contributed by atoms with Crippen LogP contribution in [0.4, 0.5) is 0 Å². The van der Waals surface area contributed by atoms with E-state index < -0.39 is 22.0 Å². The van der Waals surface area contributed by atoms with E-state index in [-0.39, 0.29) is 42.9 Å². The van der Waals surface area contributed by atoms with Crippen molar-refractivity contribution in [2.75, 3.05) is 25.4 Å². The fourth-order valence-corrected chi connectivity index (χ4v) is 6.22. The number of carbonyl (C=O) groups excluding carboxylic acids is 1. The predicted molar refractivity (Wildman–Crippen MR) is 173 cm³/mol. The quantitative estimate of drug-likeness (QED) is 0.171. The maximum absolute atomic E-state index is 13.0. The van der Waals surface area contributed by atoms with Crippen molar-refractivity contribution in [3.05, 3.63) is 88.4 Å². The molecule has 0 unspecified atom stereocenters. The lowest BCUT2D eigenvalue weighted by Gasteiger charge is -2.24. The number of carbonyl (C=O) groups is 1. The molecule has 0 aliphatic heterocycles. The average molecular weight is 652 g/mol. The summed E-state index contributed by atoms with van der Waals surface area (Å²) in [4.78, 5) is 13.0. The number of hydrogen-bond acceptors (Lipinski definition) is 7. The van der Waals surface area contributed by atoms with Crippen LogP contribution in [0.2, 0.25) is 5.02 Å². The van der Waals surface area contributed by atoms with Gasteiger partial charge < -0.3 is 20.3 Å². The van der Waals surface area contributed by atoms with Gasteiger partial charge in [-0.3, -0.25) is 4.79 Å². The van der Waals surface area contributed by atoms with Gasteiger partial charge >= 0.3 is 0 Å². The first-order chi connectivity index (χ1) is 20.2. The number of ether oxygens (including phenoxy) is 1. The Kier molecular flexibility index (Phi) is 13.8. The molecule has 43 heavy (non-hydrogen) atoms. The summed E-state index contributed by atoms with van der Waals surface area (Å²) in [5.74, 6) is -0.717. The first-order valence-corrected chi connectivity index (χ1v) is 16.5. The minimum Gasteiger partial charge on any atom is -0.490 e. The first-order valence-electron chi connectivity index (χ1n) is 14.4. The van der Waals surface area contributed by atoms with Gasteiger partial charge in [0.2, 0.25) is 10.0 Å². The molecule has 1 saturated carbocycles. The van der Waals surface area contributed by atoms with E-state index >= 15 is 0 Å². The molecule has 0 saturated heterocycles. The molecule has 1 aliphatic rings. The van der Waals surface area contributed by atoms with Crippen LogP contribution in [-0.2, 0) is 16.4 Å². The molecule has 1 fully saturated rings. The summed E-state index contributed by atoms with van der Waals surface area (Å²) in [5.41, 5.74) is 3.87. The van der Waals surface area contributed by atoms with E-state index in [9.17, 15) is 18.3 Å². The minimum atomic E-state index is -3.88. The van der Waals surface area contributed by atoms with E-state index in [1.165, 1.54) is 0 Å². The molecule has 1 aliphatic carbocycles. The Morgan fingerprint density at radius 1 is 1.00 bits per heavy atom. The summed E-state index contributed by atoms with van der Waals surface area (Å²) in [7, 11) is -3.88. The van der Waals surface area contributed by atoms with Crippen LogP contribution in [0, 0.1) is 0 Å². The summed E-state index contributed by atoms with van der Waals surface area (Å²) < 4.78 is 33.0. The number of hydrogen-bond donors (Lipinski definition) is 4. The summed E-state index contributed by atoms with van der Waals surface area (Å²) in [5, 5.41) is 23.2. The van der Waals surface area contributed by atoms with Gasteiger partial charge in [-0.15, -0.1) is 12.4 Å². The van der Waals surface area contributed by atoms with Crippen LogP contribution in [0.3, 0.4) is 0 Å². The number of halogens is 2. The second-order valence-corrected chi connectivity index (χ2v) is 12.9. The van der Waals surface area contributed by atoms with Crippen LogP contribution in [0.1, 0.15) is 66.1 Å². The molecule has 8 nitrogen and oxygen atoms in total. The molecule has 0 bridgehead atoms. The van der Waals surface area contributed by atoms with Gasteiger partial charge in [0.15, 0.2) is 0 Å². The van der Waals surface area contributed by atoms with Gasteiger partial charge in [-0.25, -0.2) is 13.1 Å². The highest BCUT2D eigenvalue weighted by molar-refractivity contribution is 7.90. The van der Waals surface area contributed by atoms with Crippen LogP contribution in [0.15, 0.2) is 66.7 Å². The first kappa shape index (κ1) is 34.8. The smallest absolute Gasteiger partial charge is 0.268 e. The van der Waals surface area contributed by atoms with Crippen LogP contribution in [0.25, 0.3) is 11.1 Å². The molecule has 0 radical (unpaired) electrons. The Morgan fingerprint density at radius 3 is 2.42 bits per heavy atom. The van der Waals surface area contributed by atoms with Crippen LogP contribution < -0.4 is 14.8 Å². The molecule has 234 valence electrons. The van der Waals surface area contributed by atoms with Crippen molar-refractivity contribution >= 4 is 39.9 Å². The van der Waals surface area contributed by atoms with Gasteiger partial charge in [0.25, 0.3) is 5.91 Å². The maximum atomic E-state index is 13.0. The fourth-order valence-electron chi connectivity index (χ4n) is 5.02. The standard InChI is InChI=1S/C32H39ClN2O6S.ClH/c33-27-7-4-6-26(20-27)30(37)22-34-17-16-23-10-12-24(13-11-23)25-14-15-29(32(38)35-42(39,40)19-5-18-36)31(21-25)41-28-8-2-1-3-9-28;/h4,6-7,10-15,20-21,28,30,34,36-37H,1-3,5,8-9,16-19,22H2,(H,35,38);1H/t30-;/m0./s1. The number of aliphatic hydroxyl groups excluding tert-OH is 2. The SMILES string of the molecule is Cl.O=C(NS(=O)(=O)CCCO)c1ccc(-c2ccc(CCNC[C@H](O)c3cccc(Cl)c3)cc2)cc1OC1CCCCC1.